The summed E-state index contributed by atoms with van der Waals surface area (Å²) in [5, 5.41) is 7.43. The first-order valence-electron chi connectivity index (χ1n) is 1.40. The summed E-state index contributed by atoms with van der Waals surface area (Å²) in [6.07, 6.45) is -3.13. The number of amides is 1. The molecular weight excluding hydrogens is 108 g/mol. The van der Waals surface area contributed by atoms with Crippen LogP contribution >= 0.6 is 0 Å². The van der Waals surface area contributed by atoms with Gasteiger partial charge in [-0.2, -0.15) is 8.78 Å². The average molecular weight is 111 g/mol. The Balaban J connectivity index is 3.35. The fraction of sp³-hybridized carbons (Fsp3) is 0.500. The van der Waals surface area contributed by atoms with E-state index in [9.17, 15) is 13.6 Å². The number of rotatable bonds is 1. The van der Waals surface area contributed by atoms with Crippen molar-refractivity contribution in [3.05, 3.63) is 0 Å². The van der Waals surface area contributed by atoms with Crippen molar-refractivity contribution >= 4 is 5.91 Å². The van der Waals surface area contributed by atoms with E-state index in [2.05, 4.69) is 0 Å². The molecule has 0 spiro atoms. The van der Waals surface area contributed by atoms with E-state index in [1.54, 1.807) is 0 Å². The summed E-state index contributed by atoms with van der Waals surface area (Å²) in [6, 6.07) is 0. The molecule has 0 aromatic rings. The van der Waals surface area contributed by atoms with E-state index >= 15 is 0 Å². The van der Waals surface area contributed by atoms with E-state index < -0.39 is 12.3 Å². The topological polar surface area (TPSA) is 49.3 Å². The lowest BCUT2D eigenvalue weighted by atomic mass is 10.7. The number of carbonyl (C=O) groups is 1. The number of halogens is 2. The van der Waals surface area contributed by atoms with Crippen molar-refractivity contribution in [2.45, 2.75) is 6.43 Å². The summed E-state index contributed by atoms with van der Waals surface area (Å²) in [7, 11) is 0. The van der Waals surface area contributed by atoms with Gasteiger partial charge in [0.25, 0.3) is 0 Å². The average Bonchev–Trinajstić information content (AvgIpc) is 1.65. The van der Waals surface area contributed by atoms with Crippen LogP contribution < -0.4 is 5.48 Å². The minimum Gasteiger partial charge on any atom is -0.288 e. The van der Waals surface area contributed by atoms with Crippen LogP contribution in [0.2, 0.25) is 0 Å². The molecule has 0 bridgehead atoms. The van der Waals surface area contributed by atoms with E-state index in [0.29, 0.717) is 0 Å². The van der Waals surface area contributed by atoms with E-state index in [4.69, 9.17) is 5.21 Å². The predicted octanol–water partition coefficient (Wildman–Crippen LogP) is -0.243. The fourth-order valence-electron chi connectivity index (χ4n) is 0.0488. The number of nitrogens with one attached hydrogen (secondary N) is 1. The highest BCUT2D eigenvalue weighted by molar-refractivity contribution is 5.77. The molecular formula is C2H3F2NO2. The first kappa shape index (κ1) is 6.29. The van der Waals surface area contributed by atoms with Gasteiger partial charge in [0.1, 0.15) is 0 Å². The third-order valence-corrected chi connectivity index (χ3v) is 0.308. The lowest BCUT2D eigenvalue weighted by Gasteiger charge is -1.90. The Labute approximate surface area is 37.9 Å². The second kappa shape index (κ2) is 2.46. The summed E-state index contributed by atoms with van der Waals surface area (Å²) in [5.41, 5.74) is 0.775. The third kappa shape index (κ3) is 2.05. The van der Waals surface area contributed by atoms with Gasteiger partial charge in [-0.3, -0.25) is 10.0 Å². The third-order valence-electron chi connectivity index (χ3n) is 0.308. The molecule has 0 rings (SSSR count). The maximum absolute atomic E-state index is 10.9. The Kier molecular flexibility index (Phi) is 2.21. The molecule has 0 aliphatic carbocycles. The summed E-state index contributed by atoms with van der Waals surface area (Å²) in [6.45, 7) is 0. The van der Waals surface area contributed by atoms with Gasteiger partial charge in [0.05, 0.1) is 0 Å². The van der Waals surface area contributed by atoms with Crippen LogP contribution in [0.15, 0.2) is 0 Å². The van der Waals surface area contributed by atoms with Crippen molar-refractivity contribution < 1.29 is 18.8 Å². The van der Waals surface area contributed by atoms with Crippen molar-refractivity contribution in [2.24, 2.45) is 0 Å². The van der Waals surface area contributed by atoms with Crippen molar-refractivity contribution in [3.63, 3.8) is 0 Å². The highest BCUT2D eigenvalue weighted by atomic mass is 19.3. The summed E-state index contributed by atoms with van der Waals surface area (Å²) < 4.78 is 21.7. The molecule has 3 nitrogen and oxygen atoms in total. The van der Waals surface area contributed by atoms with Crippen LogP contribution in [-0.2, 0) is 4.79 Å². The molecule has 5 heteroatoms. The largest absolute Gasteiger partial charge is 0.317 e. The maximum Gasteiger partial charge on any atom is 0.317 e. The zero-order valence-electron chi connectivity index (χ0n) is 3.19. The Hall–Kier alpha value is -0.710. The minimum absolute atomic E-state index is 0.775. The quantitative estimate of drug-likeness (QED) is 0.362. The van der Waals surface area contributed by atoms with Crippen LogP contribution in [0.3, 0.4) is 0 Å². The lowest BCUT2D eigenvalue weighted by Crippen LogP contribution is -2.25. The molecule has 1 amide bonds. The monoisotopic (exact) mass is 111 g/mol. The molecule has 0 heterocycles. The number of hydrogen-bond donors (Lipinski definition) is 2. The van der Waals surface area contributed by atoms with Crippen LogP contribution in [-0.4, -0.2) is 17.5 Å². The Bertz CT molecular complexity index is 74.1. The molecule has 0 saturated carbocycles. The molecule has 0 unspecified atom stereocenters. The van der Waals surface area contributed by atoms with Gasteiger partial charge in [-0.25, -0.2) is 5.48 Å². The van der Waals surface area contributed by atoms with Gasteiger partial charge in [0.15, 0.2) is 0 Å². The number of hydrogen-bond acceptors (Lipinski definition) is 2. The van der Waals surface area contributed by atoms with Gasteiger partial charge < -0.3 is 0 Å². The molecule has 0 saturated heterocycles. The van der Waals surface area contributed by atoms with E-state index in [0.717, 1.165) is 5.48 Å². The molecule has 0 radical (unpaired) electrons. The van der Waals surface area contributed by atoms with Gasteiger partial charge in [0.2, 0.25) is 0 Å². The first-order chi connectivity index (χ1) is 3.18. The molecule has 0 aliphatic rings. The molecule has 0 aromatic carbocycles. The van der Waals surface area contributed by atoms with Crippen molar-refractivity contribution in [2.75, 3.05) is 0 Å². The van der Waals surface area contributed by atoms with Crippen LogP contribution in [0, 0.1) is 0 Å². The maximum atomic E-state index is 10.9. The highest BCUT2D eigenvalue weighted by Crippen LogP contribution is 1.87. The Morgan fingerprint density at radius 1 is 1.71 bits per heavy atom. The molecule has 0 aliphatic heterocycles. The smallest absolute Gasteiger partial charge is 0.288 e. The molecule has 42 valence electrons. The fourth-order valence-corrected chi connectivity index (χ4v) is 0.0488. The van der Waals surface area contributed by atoms with Crippen LogP contribution in [0.25, 0.3) is 0 Å². The van der Waals surface area contributed by atoms with Crippen LogP contribution in [0.1, 0.15) is 0 Å². The second-order valence-electron chi connectivity index (χ2n) is 0.777. The van der Waals surface area contributed by atoms with Crippen molar-refractivity contribution in [3.8, 4) is 0 Å². The summed E-state index contributed by atoms with van der Waals surface area (Å²) in [5.74, 6) is -1.68. The normalized spacial score (nSPS) is 9.14. The van der Waals surface area contributed by atoms with Gasteiger partial charge in [-0.05, 0) is 0 Å². The zero-order chi connectivity index (χ0) is 5.86. The zero-order valence-corrected chi connectivity index (χ0v) is 3.19. The molecule has 7 heavy (non-hydrogen) atoms. The minimum atomic E-state index is -3.13. The van der Waals surface area contributed by atoms with Gasteiger partial charge in [0, 0.05) is 0 Å². The molecule has 2 N–H and O–H groups in total. The Morgan fingerprint density at radius 3 is 2.14 bits per heavy atom. The van der Waals surface area contributed by atoms with Gasteiger partial charge in [-0.15, -0.1) is 0 Å². The Morgan fingerprint density at radius 2 is 2.14 bits per heavy atom. The number of alkyl halides is 2. The number of hydroxylamine groups is 1. The van der Waals surface area contributed by atoms with E-state index in [-0.39, 0.29) is 0 Å². The molecule has 0 atom stereocenters. The van der Waals surface area contributed by atoms with Crippen molar-refractivity contribution in [1.82, 2.24) is 5.48 Å². The van der Waals surface area contributed by atoms with Crippen LogP contribution in [0.5, 0.6) is 0 Å². The van der Waals surface area contributed by atoms with E-state index in [1.165, 1.54) is 0 Å². The van der Waals surface area contributed by atoms with E-state index in [1.807, 2.05) is 0 Å². The lowest BCUT2D eigenvalue weighted by molar-refractivity contribution is -0.140. The highest BCUT2D eigenvalue weighted by Gasteiger charge is 2.12. The van der Waals surface area contributed by atoms with Gasteiger partial charge >= 0.3 is 12.3 Å². The number of carbonyl (C=O) groups excluding carboxylic acids is 1. The first-order valence-corrected chi connectivity index (χ1v) is 1.40. The summed E-state index contributed by atoms with van der Waals surface area (Å²) in [4.78, 5) is 9.40. The molecule has 0 fully saturated rings. The van der Waals surface area contributed by atoms with Crippen LogP contribution in [0.4, 0.5) is 8.78 Å². The van der Waals surface area contributed by atoms with Crippen molar-refractivity contribution in [1.29, 1.82) is 0 Å². The predicted molar refractivity (Wildman–Crippen MR) is 15.9 cm³/mol. The summed E-state index contributed by atoms with van der Waals surface area (Å²) >= 11 is 0. The SMILES string of the molecule is O=C(NO)C(F)F. The molecule has 0 aromatic heterocycles. The second-order valence-corrected chi connectivity index (χ2v) is 0.777. The standard InChI is InChI=1S/C2H3F2NO2/c3-1(4)2(6)5-7/h1,7H,(H,5,6). The van der Waals surface area contributed by atoms with Gasteiger partial charge in [-0.1, -0.05) is 0 Å².